The summed E-state index contributed by atoms with van der Waals surface area (Å²) in [6.07, 6.45) is -5.38. The molecule has 1 aromatic rings. The Labute approximate surface area is 205 Å². The van der Waals surface area contributed by atoms with E-state index in [1.807, 2.05) is 0 Å². The number of ether oxygens (including phenoxy) is 1. The first-order chi connectivity index (χ1) is 17.2. The zero-order chi connectivity index (χ0) is 26.4. The number of piperazine rings is 1. The van der Waals surface area contributed by atoms with Crippen molar-refractivity contribution in [3.05, 3.63) is 22.7 Å². The number of nitrogens with one attached hydrogen (secondary N) is 4. The van der Waals surface area contributed by atoms with E-state index in [9.17, 15) is 34.5 Å². The van der Waals surface area contributed by atoms with Crippen molar-refractivity contribution in [1.82, 2.24) is 35.7 Å². The summed E-state index contributed by atoms with van der Waals surface area (Å²) >= 11 is 0. The molecule has 2 aliphatic rings. The predicted molar refractivity (Wildman–Crippen MR) is 123 cm³/mol. The van der Waals surface area contributed by atoms with Gasteiger partial charge in [0, 0.05) is 32.4 Å². The summed E-state index contributed by atoms with van der Waals surface area (Å²) in [5.74, 6) is -2.15. The third-order valence-electron chi connectivity index (χ3n) is 5.90. The van der Waals surface area contributed by atoms with E-state index in [4.69, 9.17) is 10.5 Å². The van der Waals surface area contributed by atoms with Crippen molar-refractivity contribution < 1.29 is 34.4 Å². The highest BCUT2D eigenvalue weighted by Gasteiger charge is 2.50. The number of amides is 3. The SMILES string of the molecule is CNCC(=O)N[C@H](CO)C(=O)NC1C(C(=O)N2CCNCC2)OC(n2ccc(N)nc2=O)C(O)C1O. The number of nitrogen functional groups attached to an aromatic ring is 1. The summed E-state index contributed by atoms with van der Waals surface area (Å²) < 4.78 is 6.71. The third kappa shape index (κ3) is 6.15. The number of likely N-dealkylation sites (N-methyl/N-ethyl adjacent to an activating group) is 1. The molecule has 0 spiro atoms. The molecule has 0 aliphatic carbocycles. The summed E-state index contributed by atoms with van der Waals surface area (Å²) in [6, 6.07) is -1.59. The molecular weight excluding hydrogens is 480 g/mol. The van der Waals surface area contributed by atoms with Gasteiger partial charge in [-0.25, -0.2) is 4.79 Å². The second-order valence-corrected chi connectivity index (χ2v) is 8.41. The lowest BCUT2D eigenvalue weighted by Gasteiger charge is -2.44. The Bertz CT molecular complexity index is 1000. The summed E-state index contributed by atoms with van der Waals surface area (Å²) in [5.41, 5.74) is 4.64. The molecule has 1 aromatic heterocycles. The van der Waals surface area contributed by atoms with Gasteiger partial charge in [0.25, 0.3) is 5.91 Å². The van der Waals surface area contributed by atoms with Crippen LogP contribution in [0.5, 0.6) is 0 Å². The van der Waals surface area contributed by atoms with Crippen LogP contribution in [-0.4, -0.2) is 124 Å². The number of carbonyl (C=O) groups is 3. The summed E-state index contributed by atoms with van der Waals surface area (Å²) in [4.78, 5) is 55.5. The van der Waals surface area contributed by atoms with Crippen LogP contribution in [0.25, 0.3) is 0 Å². The van der Waals surface area contributed by atoms with Gasteiger partial charge in [0.2, 0.25) is 11.8 Å². The van der Waals surface area contributed by atoms with Crippen LogP contribution in [0.3, 0.4) is 0 Å². The first kappa shape index (κ1) is 27.4. The average Bonchev–Trinajstić information content (AvgIpc) is 2.86. The number of hydrogen-bond donors (Lipinski definition) is 8. The molecule has 3 rings (SSSR count). The van der Waals surface area contributed by atoms with Crippen LogP contribution >= 0.6 is 0 Å². The number of carbonyl (C=O) groups excluding carboxylic acids is 3. The Kier molecular flexibility index (Phi) is 9.30. The van der Waals surface area contributed by atoms with Gasteiger partial charge in [0.05, 0.1) is 19.2 Å². The molecule has 2 aliphatic heterocycles. The Hall–Kier alpha value is -3.15. The van der Waals surface area contributed by atoms with Crippen LogP contribution < -0.4 is 32.7 Å². The lowest BCUT2D eigenvalue weighted by atomic mass is 9.93. The molecule has 2 fully saturated rings. The molecule has 0 radical (unpaired) electrons. The quantitative estimate of drug-likeness (QED) is 0.163. The van der Waals surface area contributed by atoms with Crippen LogP contribution in [0.15, 0.2) is 17.1 Å². The maximum atomic E-state index is 13.4. The van der Waals surface area contributed by atoms with Crippen molar-refractivity contribution in [2.24, 2.45) is 0 Å². The van der Waals surface area contributed by atoms with Gasteiger partial charge < -0.3 is 52.0 Å². The number of rotatable bonds is 8. The lowest BCUT2D eigenvalue weighted by molar-refractivity contribution is -0.218. The summed E-state index contributed by atoms with van der Waals surface area (Å²) in [5, 5.41) is 41.8. The van der Waals surface area contributed by atoms with Gasteiger partial charge in [-0.15, -0.1) is 0 Å². The summed E-state index contributed by atoms with van der Waals surface area (Å²) in [7, 11) is 1.52. The first-order valence-corrected chi connectivity index (χ1v) is 11.4. The fourth-order valence-electron chi connectivity index (χ4n) is 4.03. The Morgan fingerprint density at radius 3 is 2.58 bits per heavy atom. The van der Waals surface area contributed by atoms with Gasteiger partial charge in [0.15, 0.2) is 12.3 Å². The van der Waals surface area contributed by atoms with Crippen molar-refractivity contribution in [2.75, 3.05) is 52.1 Å². The molecule has 6 atom stereocenters. The standard InChI is InChI=1S/C20H32N8O8/c1-22-8-12(30)24-10(9-29)17(33)26-13-14(31)15(32)19(28-5-2-11(21)25-20(28)35)36-16(13)18(34)27-6-3-23-4-7-27/h2,5,10,13-16,19,22-23,29,31-32H,3-4,6-9H2,1H3,(H,24,30)(H,26,33)(H2,21,25,35)/t10-,13?,14?,15?,16?,19?/m1/s1. The molecule has 16 nitrogen and oxygen atoms in total. The van der Waals surface area contributed by atoms with Gasteiger partial charge in [-0.05, 0) is 13.1 Å². The van der Waals surface area contributed by atoms with Gasteiger partial charge in [-0.3, -0.25) is 19.0 Å². The average molecular weight is 513 g/mol. The molecule has 200 valence electrons. The van der Waals surface area contributed by atoms with Crippen molar-refractivity contribution in [3.8, 4) is 0 Å². The Morgan fingerprint density at radius 2 is 1.97 bits per heavy atom. The molecule has 16 heteroatoms. The summed E-state index contributed by atoms with van der Waals surface area (Å²) in [6.45, 7) is 0.786. The molecule has 36 heavy (non-hydrogen) atoms. The van der Waals surface area contributed by atoms with Crippen LogP contribution in [0.2, 0.25) is 0 Å². The fourth-order valence-corrected chi connectivity index (χ4v) is 4.03. The number of nitrogens with two attached hydrogens (primary N) is 1. The van der Waals surface area contributed by atoms with Crippen molar-refractivity contribution >= 4 is 23.5 Å². The second-order valence-electron chi connectivity index (χ2n) is 8.41. The highest BCUT2D eigenvalue weighted by atomic mass is 16.5. The minimum Gasteiger partial charge on any atom is -0.394 e. The Balaban J connectivity index is 1.89. The van der Waals surface area contributed by atoms with Gasteiger partial charge in [0.1, 0.15) is 24.1 Å². The molecule has 0 saturated carbocycles. The molecule has 0 aromatic carbocycles. The monoisotopic (exact) mass is 512 g/mol. The van der Waals surface area contributed by atoms with E-state index in [1.165, 1.54) is 24.2 Å². The highest BCUT2D eigenvalue weighted by molar-refractivity contribution is 5.89. The van der Waals surface area contributed by atoms with E-state index in [0.29, 0.717) is 26.2 Å². The number of aliphatic hydroxyl groups excluding tert-OH is 3. The van der Waals surface area contributed by atoms with E-state index in [-0.39, 0.29) is 12.4 Å². The van der Waals surface area contributed by atoms with Crippen molar-refractivity contribution in [1.29, 1.82) is 0 Å². The first-order valence-electron chi connectivity index (χ1n) is 11.4. The number of aromatic nitrogens is 2. The van der Waals surface area contributed by atoms with E-state index < -0.39 is 66.6 Å². The van der Waals surface area contributed by atoms with Crippen LogP contribution in [0.4, 0.5) is 5.82 Å². The lowest BCUT2D eigenvalue weighted by Crippen LogP contribution is -2.68. The molecule has 2 saturated heterocycles. The predicted octanol–water partition coefficient (Wildman–Crippen LogP) is -5.94. The molecular formula is C20H32N8O8. The molecule has 0 bridgehead atoms. The van der Waals surface area contributed by atoms with E-state index in [2.05, 4.69) is 26.3 Å². The molecule has 5 unspecified atom stereocenters. The van der Waals surface area contributed by atoms with E-state index in [1.54, 1.807) is 0 Å². The van der Waals surface area contributed by atoms with Crippen molar-refractivity contribution in [3.63, 3.8) is 0 Å². The van der Waals surface area contributed by atoms with Crippen LogP contribution in [0, 0.1) is 0 Å². The number of nitrogens with zero attached hydrogens (tertiary/aromatic N) is 3. The van der Waals surface area contributed by atoms with Crippen molar-refractivity contribution in [2.45, 2.75) is 36.6 Å². The van der Waals surface area contributed by atoms with E-state index in [0.717, 1.165) is 4.57 Å². The minimum atomic E-state index is -1.78. The van der Waals surface area contributed by atoms with Crippen LogP contribution in [0.1, 0.15) is 6.23 Å². The Morgan fingerprint density at radius 1 is 1.28 bits per heavy atom. The van der Waals surface area contributed by atoms with Gasteiger partial charge in [-0.1, -0.05) is 0 Å². The number of anilines is 1. The zero-order valence-electron chi connectivity index (χ0n) is 19.7. The maximum Gasteiger partial charge on any atom is 0.351 e. The van der Waals surface area contributed by atoms with Gasteiger partial charge >= 0.3 is 5.69 Å². The second kappa shape index (κ2) is 12.2. The largest absolute Gasteiger partial charge is 0.394 e. The topological polar surface area (TPSA) is 233 Å². The molecule has 9 N–H and O–H groups in total. The fraction of sp³-hybridized carbons (Fsp3) is 0.650. The smallest absolute Gasteiger partial charge is 0.351 e. The molecule has 3 heterocycles. The number of hydrogen-bond acceptors (Lipinski definition) is 12. The minimum absolute atomic E-state index is 0.0731. The molecule has 3 amide bonds. The number of aliphatic hydroxyl groups is 3. The third-order valence-corrected chi connectivity index (χ3v) is 5.90. The normalized spacial score (nSPS) is 27.2. The zero-order valence-corrected chi connectivity index (χ0v) is 19.7. The maximum absolute atomic E-state index is 13.4. The highest BCUT2D eigenvalue weighted by Crippen LogP contribution is 2.29. The van der Waals surface area contributed by atoms with E-state index >= 15 is 0 Å². The van der Waals surface area contributed by atoms with Gasteiger partial charge in [-0.2, -0.15) is 4.98 Å². The van der Waals surface area contributed by atoms with Crippen LogP contribution in [-0.2, 0) is 19.1 Å².